The van der Waals surface area contributed by atoms with Crippen LogP contribution in [-0.4, -0.2) is 42.9 Å². The van der Waals surface area contributed by atoms with E-state index in [0.29, 0.717) is 41.2 Å². The highest BCUT2D eigenvalue weighted by Crippen LogP contribution is 2.32. The summed E-state index contributed by atoms with van der Waals surface area (Å²) in [5.41, 5.74) is 0.693. The summed E-state index contributed by atoms with van der Waals surface area (Å²) in [6.07, 6.45) is 1.31. The Morgan fingerprint density at radius 2 is 2.18 bits per heavy atom. The van der Waals surface area contributed by atoms with Crippen molar-refractivity contribution >= 4 is 32.4 Å². The molecular weight excluding hydrogens is 412 g/mol. The Kier molecular flexibility index (Phi) is 5.17. The van der Waals surface area contributed by atoms with Gasteiger partial charge in [0.2, 0.25) is 10.0 Å². The molecule has 0 aliphatic carbocycles. The van der Waals surface area contributed by atoms with Gasteiger partial charge in [0.15, 0.2) is 5.13 Å². The molecule has 1 aromatic heterocycles. The Balaban J connectivity index is 1.52. The fraction of sp³-hybridized carbons (Fsp3) is 0.412. The summed E-state index contributed by atoms with van der Waals surface area (Å²) in [6, 6.07) is 2.35. The van der Waals surface area contributed by atoms with Gasteiger partial charge in [0.1, 0.15) is 22.6 Å². The van der Waals surface area contributed by atoms with Crippen LogP contribution in [0.25, 0.3) is 0 Å². The van der Waals surface area contributed by atoms with Crippen molar-refractivity contribution in [1.82, 2.24) is 9.29 Å². The van der Waals surface area contributed by atoms with Gasteiger partial charge in [-0.05, 0) is 31.0 Å². The van der Waals surface area contributed by atoms with E-state index in [-0.39, 0.29) is 19.0 Å². The first-order valence-corrected chi connectivity index (χ1v) is 11.0. The van der Waals surface area contributed by atoms with Crippen LogP contribution >= 0.6 is 11.3 Å². The van der Waals surface area contributed by atoms with Crippen LogP contribution in [0.3, 0.4) is 0 Å². The van der Waals surface area contributed by atoms with E-state index in [1.165, 1.54) is 11.3 Å². The molecule has 0 spiro atoms. The maximum Gasteiger partial charge on any atom is 0.255 e. The third kappa shape index (κ3) is 3.66. The Hall–Kier alpha value is -1.95. The number of anilines is 1. The molecule has 0 radical (unpaired) electrons. The van der Waals surface area contributed by atoms with Gasteiger partial charge in [-0.1, -0.05) is 0 Å². The second kappa shape index (κ2) is 7.47. The van der Waals surface area contributed by atoms with Crippen LogP contribution in [0, 0.1) is 11.6 Å². The molecule has 1 amide bonds. The number of carbonyl (C=O) groups excluding carboxylic acids is 1. The number of rotatable bonds is 4. The molecule has 2 aromatic rings. The summed E-state index contributed by atoms with van der Waals surface area (Å²) in [5.74, 6) is -2.09. The fourth-order valence-corrected chi connectivity index (χ4v) is 5.81. The summed E-state index contributed by atoms with van der Waals surface area (Å²) in [5, 5.41) is 3.09. The molecular formula is C17H17F2N3O4S2. The number of nitrogens with one attached hydrogen (secondary N) is 1. The molecule has 2 aliphatic rings. The highest BCUT2D eigenvalue weighted by Gasteiger charge is 2.33. The van der Waals surface area contributed by atoms with Crippen LogP contribution in [0.1, 0.15) is 23.4 Å². The van der Waals surface area contributed by atoms with Crippen molar-refractivity contribution in [2.45, 2.75) is 36.8 Å². The second-order valence-electron chi connectivity index (χ2n) is 6.54. The fourth-order valence-electron chi connectivity index (χ4n) is 3.21. The first-order chi connectivity index (χ1) is 13.3. The number of thiazole rings is 1. The molecule has 28 heavy (non-hydrogen) atoms. The SMILES string of the molecule is O=C(Nc1nc2c(s1)CN(S(=O)(=O)c1cc(F)ccc1F)CC2)C1CCCO1. The summed E-state index contributed by atoms with van der Waals surface area (Å²) < 4.78 is 59.3. The van der Waals surface area contributed by atoms with E-state index in [0.717, 1.165) is 22.9 Å². The minimum atomic E-state index is -4.19. The van der Waals surface area contributed by atoms with E-state index in [9.17, 15) is 22.0 Å². The van der Waals surface area contributed by atoms with Crippen LogP contribution < -0.4 is 5.32 Å². The Labute approximate surface area is 164 Å². The van der Waals surface area contributed by atoms with Crippen LogP contribution in [0.15, 0.2) is 23.1 Å². The standard InChI is InChI=1S/C17H17F2N3O4S2/c18-10-3-4-11(19)15(8-10)28(24,25)22-6-5-12-14(9-22)27-17(20-12)21-16(23)13-2-1-7-26-13/h3-4,8,13H,1-2,5-7,9H2,(H,20,21,23). The smallest absolute Gasteiger partial charge is 0.255 e. The molecule has 3 heterocycles. The molecule has 7 nitrogen and oxygen atoms in total. The minimum Gasteiger partial charge on any atom is -0.368 e. The van der Waals surface area contributed by atoms with Crippen molar-refractivity contribution in [3.63, 3.8) is 0 Å². The zero-order valence-electron chi connectivity index (χ0n) is 14.7. The largest absolute Gasteiger partial charge is 0.368 e. The first kappa shape index (κ1) is 19.4. The van der Waals surface area contributed by atoms with Crippen molar-refractivity contribution < 1.29 is 26.7 Å². The summed E-state index contributed by atoms with van der Waals surface area (Å²) in [6.45, 7) is 0.630. The lowest BCUT2D eigenvalue weighted by molar-refractivity contribution is -0.124. The zero-order valence-corrected chi connectivity index (χ0v) is 16.3. The first-order valence-electron chi connectivity index (χ1n) is 8.71. The average molecular weight is 429 g/mol. The predicted molar refractivity (Wildman–Crippen MR) is 97.4 cm³/mol. The number of halogens is 2. The van der Waals surface area contributed by atoms with Crippen molar-refractivity contribution in [3.05, 3.63) is 40.4 Å². The van der Waals surface area contributed by atoms with Gasteiger partial charge in [-0.2, -0.15) is 4.31 Å². The van der Waals surface area contributed by atoms with Gasteiger partial charge in [-0.25, -0.2) is 22.2 Å². The lowest BCUT2D eigenvalue weighted by Crippen LogP contribution is -2.36. The number of nitrogens with zero attached hydrogens (tertiary/aromatic N) is 2. The molecule has 1 unspecified atom stereocenters. The molecule has 4 rings (SSSR count). The summed E-state index contributed by atoms with van der Waals surface area (Å²) in [4.78, 5) is 16.5. The number of carbonyl (C=O) groups is 1. The van der Waals surface area contributed by atoms with Crippen molar-refractivity contribution in [1.29, 1.82) is 0 Å². The number of aromatic nitrogens is 1. The van der Waals surface area contributed by atoms with Crippen LogP contribution in [0.4, 0.5) is 13.9 Å². The lowest BCUT2D eigenvalue weighted by Gasteiger charge is -2.25. The quantitative estimate of drug-likeness (QED) is 0.806. The number of ether oxygens (including phenoxy) is 1. The third-order valence-corrected chi connectivity index (χ3v) is 7.52. The van der Waals surface area contributed by atoms with Crippen LogP contribution in [0.5, 0.6) is 0 Å². The van der Waals surface area contributed by atoms with Gasteiger partial charge in [0.05, 0.1) is 12.2 Å². The van der Waals surface area contributed by atoms with Gasteiger partial charge in [-0.3, -0.25) is 10.1 Å². The predicted octanol–water partition coefficient (Wildman–Crippen LogP) is 2.29. The maximum absolute atomic E-state index is 14.0. The Morgan fingerprint density at radius 1 is 1.36 bits per heavy atom. The zero-order chi connectivity index (χ0) is 19.9. The maximum atomic E-state index is 14.0. The molecule has 11 heteroatoms. The Bertz CT molecular complexity index is 1020. The topological polar surface area (TPSA) is 88.6 Å². The molecule has 2 aliphatic heterocycles. The van der Waals surface area contributed by atoms with Crippen molar-refractivity contribution in [2.75, 3.05) is 18.5 Å². The van der Waals surface area contributed by atoms with E-state index in [1.807, 2.05) is 0 Å². The van der Waals surface area contributed by atoms with Crippen LogP contribution in [-0.2, 0) is 32.5 Å². The number of hydrogen-bond acceptors (Lipinski definition) is 6. The molecule has 1 fully saturated rings. The van der Waals surface area contributed by atoms with E-state index in [4.69, 9.17) is 4.74 Å². The molecule has 1 aromatic carbocycles. The number of hydrogen-bond donors (Lipinski definition) is 1. The summed E-state index contributed by atoms with van der Waals surface area (Å²) >= 11 is 1.17. The van der Waals surface area contributed by atoms with Gasteiger partial charge in [0.25, 0.3) is 5.91 Å². The molecule has 0 saturated carbocycles. The third-order valence-electron chi connectivity index (χ3n) is 4.66. The van der Waals surface area contributed by atoms with Gasteiger partial charge in [-0.15, -0.1) is 11.3 Å². The number of benzene rings is 1. The molecule has 0 bridgehead atoms. The van der Waals surface area contributed by atoms with Crippen molar-refractivity contribution in [3.8, 4) is 0 Å². The summed E-state index contributed by atoms with van der Waals surface area (Å²) in [7, 11) is -4.19. The van der Waals surface area contributed by atoms with E-state index < -0.39 is 32.7 Å². The highest BCUT2D eigenvalue weighted by atomic mass is 32.2. The highest BCUT2D eigenvalue weighted by molar-refractivity contribution is 7.89. The number of fused-ring (bicyclic) bond motifs is 1. The molecule has 150 valence electrons. The average Bonchev–Trinajstić information content (AvgIpc) is 3.32. The Morgan fingerprint density at radius 3 is 2.93 bits per heavy atom. The molecule has 1 N–H and O–H groups in total. The molecule has 1 saturated heterocycles. The van der Waals surface area contributed by atoms with Gasteiger partial charge < -0.3 is 4.74 Å². The monoisotopic (exact) mass is 429 g/mol. The van der Waals surface area contributed by atoms with Gasteiger partial charge >= 0.3 is 0 Å². The van der Waals surface area contributed by atoms with Crippen molar-refractivity contribution in [2.24, 2.45) is 0 Å². The lowest BCUT2D eigenvalue weighted by atomic mass is 10.2. The van der Waals surface area contributed by atoms with E-state index >= 15 is 0 Å². The normalized spacial score (nSPS) is 20.1. The van der Waals surface area contributed by atoms with Gasteiger partial charge in [0, 0.05) is 24.4 Å². The molecule has 1 atom stereocenters. The van der Waals surface area contributed by atoms with Crippen LogP contribution in [0.2, 0.25) is 0 Å². The van der Waals surface area contributed by atoms with E-state index in [1.54, 1.807) is 0 Å². The minimum absolute atomic E-state index is 0.0128. The van der Waals surface area contributed by atoms with E-state index in [2.05, 4.69) is 10.3 Å². The number of amides is 1. The number of sulfonamides is 1. The second-order valence-corrected chi connectivity index (χ2v) is 9.53.